The van der Waals surface area contributed by atoms with Gasteiger partial charge in [0.2, 0.25) is 0 Å². The summed E-state index contributed by atoms with van der Waals surface area (Å²) in [5.41, 5.74) is 0.791. The Morgan fingerprint density at radius 1 is 1.32 bits per heavy atom. The first-order valence-corrected chi connectivity index (χ1v) is 9.25. The summed E-state index contributed by atoms with van der Waals surface area (Å²) in [6.07, 6.45) is 0. The minimum atomic E-state index is -3.11. The zero-order valence-corrected chi connectivity index (χ0v) is 14.5. The molecule has 0 aromatic heterocycles. The van der Waals surface area contributed by atoms with Crippen LogP contribution in [0, 0.1) is 0 Å². The molecule has 0 fully saturated rings. The zero-order valence-electron chi connectivity index (χ0n) is 10.6. The van der Waals surface area contributed by atoms with E-state index in [-0.39, 0.29) is 12.4 Å². The third-order valence-corrected chi connectivity index (χ3v) is 5.84. The fourth-order valence-corrected chi connectivity index (χ4v) is 3.16. The lowest BCUT2D eigenvalue weighted by molar-refractivity contribution is 0.338. The SMILES string of the molecule is CC(C)S(=O)(=O)CCOc1c(Cl)cc(Cl)cc1CBr. The van der Waals surface area contributed by atoms with Gasteiger partial charge in [0, 0.05) is 15.9 Å². The Bertz CT molecular complexity index is 544. The average Bonchev–Trinajstić information content (AvgIpc) is 2.30. The maximum atomic E-state index is 11.7. The standard InChI is InChI=1S/C12H15BrCl2O3S/c1-8(2)19(16,17)4-3-18-12-9(7-13)5-10(14)6-11(12)15/h5-6,8H,3-4,7H2,1-2H3. The zero-order chi connectivity index (χ0) is 14.6. The van der Waals surface area contributed by atoms with Crippen molar-refractivity contribution in [2.45, 2.75) is 24.4 Å². The number of halogens is 3. The second-order valence-corrected chi connectivity index (χ2v) is 8.35. The van der Waals surface area contributed by atoms with Gasteiger partial charge in [0.1, 0.15) is 12.4 Å². The van der Waals surface area contributed by atoms with Crippen LogP contribution in [0.2, 0.25) is 10.0 Å². The molecule has 1 rings (SSSR count). The topological polar surface area (TPSA) is 43.4 Å². The average molecular weight is 390 g/mol. The van der Waals surface area contributed by atoms with Crippen LogP contribution in [-0.4, -0.2) is 26.0 Å². The van der Waals surface area contributed by atoms with Crippen LogP contribution < -0.4 is 4.74 Å². The minimum absolute atomic E-state index is 0.0364. The Morgan fingerprint density at radius 3 is 2.47 bits per heavy atom. The summed E-state index contributed by atoms with van der Waals surface area (Å²) in [5.74, 6) is 0.438. The number of alkyl halides is 1. The molecule has 0 aliphatic rings. The molecule has 0 atom stereocenters. The van der Waals surface area contributed by atoms with Crippen molar-refractivity contribution in [1.82, 2.24) is 0 Å². The Morgan fingerprint density at radius 2 is 1.95 bits per heavy atom. The fraction of sp³-hybridized carbons (Fsp3) is 0.500. The van der Waals surface area contributed by atoms with E-state index < -0.39 is 15.1 Å². The molecule has 0 saturated carbocycles. The van der Waals surface area contributed by atoms with E-state index in [0.717, 1.165) is 5.56 Å². The first-order valence-electron chi connectivity index (χ1n) is 5.66. The molecule has 0 radical (unpaired) electrons. The van der Waals surface area contributed by atoms with Crippen molar-refractivity contribution in [3.63, 3.8) is 0 Å². The summed E-state index contributed by atoms with van der Waals surface area (Å²) in [6, 6.07) is 3.30. The van der Waals surface area contributed by atoms with Crippen molar-refractivity contribution >= 4 is 49.0 Å². The molecule has 0 saturated heterocycles. The van der Waals surface area contributed by atoms with E-state index in [1.807, 2.05) is 0 Å². The normalized spacial score (nSPS) is 11.9. The van der Waals surface area contributed by atoms with Crippen molar-refractivity contribution in [1.29, 1.82) is 0 Å². The number of hydrogen-bond acceptors (Lipinski definition) is 3. The monoisotopic (exact) mass is 388 g/mol. The number of sulfone groups is 1. The highest BCUT2D eigenvalue weighted by Crippen LogP contribution is 2.33. The Balaban J connectivity index is 2.79. The fourth-order valence-electron chi connectivity index (χ4n) is 1.37. The molecule has 7 heteroatoms. The van der Waals surface area contributed by atoms with Gasteiger partial charge in [-0.05, 0) is 26.0 Å². The first-order chi connectivity index (χ1) is 8.77. The van der Waals surface area contributed by atoms with E-state index in [0.29, 0.717) is 21.1 Å². The lowest BCUT2D eigenvalue weighted by Gasteiger charge is -2.13. The minimum Gasteiger partial charge on any atom is -0.491 e. The van der Waals surface area contributed by atoms with Gasteiger partial charge in [-0.2, -0.15) is 0 Å². The van der Waals surface area contributed by atoms with Crippen LogP contribution in [0.25, 0.3) is 0 Å². The van der Waals surface area contributed by atoms with E-state index >= 15 is 0 Å². The van der Waals surface area contributed by atoms with Gasteiger partial charge in [-0.1, -0.05) is 39.1 Å². The molecule has 19 heavy (non-hydrogen) atoms. The molecule has 108 valence electrons. The van der Waals surface area contributed by atoms with Crippen molar-refractivity contribution in [2.24, 2.45) is 0 Å². The van der Waals surface area contributed by atoms with Gasteiger partial charge < -0.3 is 4.74 Å². The Labute approximate surface area is 132 Å². The van der Waals surface area contributed by atoms with Crippen molar-refractivity contribution in [3.8, 4) is 5.75 Å². The quantitative estimate of drug-likeness (QED) is 0.688. The van der Waals surface area contributed by atoms with E-state index in [4.69, 9.17) is 27.9 Å². The van der Waals surface area contributed by atoms with Gasteiger partial charge in [0.15, 0.2) is 9.84 Å². The van der Waals surface area contributed by atoms with E-state index in [1.165, 1.54) is 0 Å². The molecule has 0 unspecified atom stereocenters. The first kappa shape index (κ1) is 17.1. The van der Waals surface area contributed by atoms with Gasteiger partial charge in [0.05, 0.1) is 16.0 Å². The van der Waals surface area contributed by atoms with E-state index in [2.05, 4.69) is 15.9 Å². The number of rotatable bonds is 6. The van der Waals surface area contributed by atoms with Crippen molar-refractivity contribution in [2.75, 3.05) is 12.4 Å². The summed E-state index contributed by atoms with van der Waals surface area (Å²) >= 11 is 15.3. The van der Waals surface area contributed by atoms with Crippen molar-refractivity contribution < 1.29 is 13.2 Å². The van der Waals surface area contributed by atoms with Crippen LogP contribution >= 0.6 is 39.1 Å². The molecular formula is C12H15BrCl2O3S. The Hall–Kier alpha value is 0.0300. The third kappa shape index (κ3) is 4.81. The predicted molar refractivity (Wildman–Crippen MR) is 83.5 cm³/mol. The van der Waals surface area contributed by atoms with Crippen LogP contribution in [0.3, 0.4) is 0 Å². The van der Waals surface area contributed by atoms with E-state index in [9.17, 15) is 8.42 Å². The highest BCUT2D eigenvalue weighted by molar-refractivity contribution is 9.08. The van der Waals surface area contributed by atoms with Crippen molar-refractivity contribution in [3.05, 3.63) is 27.7 Å². The summed E-state index contributed by atoms with van der Waals surface area (Å²) in [5, 5.41) is 1.01. The van der Waals surface area contributed by atoms with Crippen LogP contribution in [0.15, 0.2) is 12.1 Å². The third-order valence-electron chi connectivity index (χ3n) is 2.56. The van der Waals surface area contributed by atoms with Gasteiger partial charge >= 0.3 is 0 Å². The number of ether oxygens (including phenoxy) is 1. The molecule has 0 spiro atoms. The lowest BCUT2D eigenvalue weighted by Crippen LogP contribution is -2.22. The highest BCUT2D eigenvalue weighted by atomic mass is 79.9. The molecule has 0 N–H and O–H groups in total. The molecule has 0 aliphatic carbocycles. The van der Waals surface area contributed by atoms with Gasteiger partial charge in [-0.3, -0.25) is 0 Å². The molecule has 1 aromatic carbocycles. The number of benzene rings is 1. The molecule has 0 amide bonds. The predicted octanol–water partition coefficient (Wildman–Crippen LogP) is 4.09. The largest absolute Gasteiger partial charge is 0.491 e. The number of hydrogen-bond donors (Lipinski definition) is 0. The maximum Gasteiger partial charge on any atom is 0.155 e. The summed E-state index contributed by atoms with van der Waals surface area (Å²) in [6.45, 7) is 3.37. The van der Waals surface area contributed by atoms with Gasteiger partial charge in [0.25, 0.3) is 0 Å². The Kier molecular flexibility index (Phi) is 6.43. The molecule has 0 bridgehead atoms. The smallest absolute Gasteiger partial charge is 0.155 e. The second kappa shape index (κ2) is 7.16. The second-order valence-electron chi connectivity index (χ2n) is 4.27. The molecule has 1 aromatic rings. The van der Waals surface area contributed by atoms with Gasteiger partial charge in [-0.25, -0.2) is 8.42 Å². The van der Waals surface area contributed by atoms with Crippen LogP contribution in [0.5, 0.6) is 5.75 Å². The van der Waals surface area contributed by atoms with Crippen LogP contribution in [0.1, 0.15) is 19.4 Å². The maximum absolute atomic E-state index is 11.7. The lowest BCUT2D eigenvalue weighted by atomic mass is 10.2. The van der Waals surface area contributed by atoms with Crippen LogP contribution in [0.4, 0.5) is 0 Å². The molecule has 3 nitrogen and oxygen atoms in total. The molecular weight excluding hydrogens is 375 g/mol. The van der Waals surface area contributed by atoms with Gasteiger partial charge in [-0.15, -0.1) is 0 Å². The summed E-state index contributed by atoms with van der Waals surface area (Å²) < 4.78 is 28.8. The summed E-state index contributed by atoms with van der Waals surface area (Å²) in [7, 11) is -3.11. The van der Waals surface area contributed by atoms with E-state index in [1.54, 1.807) is 26.0 Å². The van der Waals surface area contributed by atoms with Crippen LogP contribution in [-0.2, 0) is 15.2 Å². The highest BCUT2D eigenvalue weighted by Gasteiger charge is 2.17. The molecule has 0 aliphatic heterocycles. The molecule has 0 heterocycles. The summed E-state index contributed by atoms with van der Waals surface area (Å²) in [4.78, 5) is 0.